The summed E-state index contributed by atoms with van der Waals surface area (Å²) in [5, 5.41) is 6.83. The number of thiocarbonyl (C=S) groups is 1. The van der Waals surface area contributed by atoms with Crippen molar-refractivity contribution in [2.45, 2.75) is 6.54 Å². The van der Waals surface area contributed by atoms with E-state index in [1.54, 1.807) is 0 Å². The van der Waals surface area contributed by atoms with Crippen molar-refractivity contribution in [3.8, 4) is 0 Å². The fourth-order valence-corrected chi connectivity index (χ4v) is 1.85. The zero-order valence-corrected chi connectivity index (χ0v) is 10.7. The predicted molar refractivity (Wildman–Crippen MR) is 80.6 cm³/mol. The van der Waals surface area contributed by atoms with Gasteiger partial charge in [-0.2, -0.15) is 0 Å². The molecule has 2 rings (SSSR count). The van der Waals surface area contributed by atoms with Crippen LogP contribution in [0.4, 0.5) is 11.4 Å². The molecule has 4 heteroatoms. The number of nitrogens with two attached hydrogens (primary N) is 1. The molecule has 0 saturated heterocycles. The van der Waals surface area contributed by atoms with Gasteiger partial charge in [-0.3, -0.25) is 0 Å². The van der Waals surface area contributed by atoms with Crippen LogP contribution in [0, 0.1) is 0 Å². The van der Waals surface area contributed by atoms with E-state index in [4.69, 9.17) is 18.0 Å². The second-order valence-corrected chi connectivity index (χ2v) is 4.21. The third kappa shape index (κ3) is 3.29. The lowest BCUT2D eigenvalue weighted by atomic mass is 10.2. The molecule has 0 amide bonds. The van der Waals surface area contributed by atoms with Crippen molar-refractivity contribution in [1.82, 2.24) is 0 Å². The van der Waals surface area contributed by atoms with Gasteiger partial charge in [0, 0.05) is 17.9 Å². The summed E-state index contributed by atoms with van der Waals surface area (Å²) in [4.78, 5) is 0. The summed E-state index contributed by atoms with van der Waals surface area (Å²) in [5.41, 5.74) is 8.61. The first kappa shape index (κ1) is 12.5. The van der Waals surface area contributed by atoms with Gasteiger partial charge in [0.2, 0.25) is 0 Å². The first-order valence-corrected chi connectivity index (χ1v) is 6.11. The molecule has 0 saturated carbocycles. The molecule has 0 aliphatic carbocycles. The highest BCUT2D eigenvalue weighted by Crippen LogP contribution is 2.15. The Balaban J connectivity index is 2.03. The van der Waals surface area contributed by atoms with E-state index in [1.807, 2.05) is 54.6 Å². The molecule has 4 N–H and O–H groups in total. The summed E-state index contributed by atoms with van der Waals surface area (Å²) in [6.07, 6.45) is 0. The van der Waals surface area contributed by atoms with Gasteiger partial charge >= 0.3 is 0 Å². The van der Waals surface area contributed by atoms with Gasteiger partial charge in [-0.15, -0.1) is 0 Å². The van der Waals surface area contributed by atoms with Crippen molar-refractivity contribution in [3.05, 3.63) is 60.2 Å². The van der Waals surface area contributed by atoms with Crippen molar-refractivity contribution < 1.29 is 0 Å². The number of nitrogens with one attached hydrogen (secondary N) is 2. The van der Waals surface area contributed by atoms with E-state index in [0.29, 0.717) is 11.7 Å². The zero-order valence-electron chi connectivity index (χ0n) is 9.89. The fourth-order valence-electron chi connectivity index (χ4n) is 1.63. The molecule has 0 spiro atoms. The lowest BCUT2D eigenvalue weighted by Crippen LogP contribution is -2.20. The number of hydrogen-bond acceptors (Lipinski definition) is 2. The van der Waals surface area contributed by atoms with Crippen LogP contribution >= 0.6 is 12.2 Å². The third-order valence-electron chi connectivity index (χ3n) is 2.52. The van der Waals surface area contributed by atoms with Crippen LogP contribution in [0.5, 0.6) is 0 Å². The maximum absolute atomic E-state index is 5.68. The zero-order chi connectivity index (χ0) is 12.8. The van der Waals surface area contributed by atoms with Gasteiger partial charge in [0.05, 0.1) is 0 Å². The highest BCUT2D eigenvalue weighted by Gasteiger charge is 2.02. The Bertz CT molecular complexity index is 526. The van der Waals surface area contributed by atoms with Gasteiger partial charge in [0.25, 0.3) is 0 Å². The summed E-state index contributed by atoms with van der Waals surface area (Å²) >= 11 is 5.26. The maximum atomic E-state index is 5.68. The van der Waals surface area contributed by atoms with Crippen LogP contribution in [-0.2, 0) is 6.54 Å². The largest absolute Gasteiger partial charge is 0.332 e. The van der Waals surface area contributed by atoms with Crippen molar-refractivity contribution in [2.75, 3.05) is 10.6 Å². The minimum absolute atomic E-state index is 0.483. The van der Waals surface area contributed by atoms with Gasteiger partial charge < -0.3 is 16.4 Å². The Morgan fingerprint density at radius 2 is 1.61 bits per heavy atom. The number of rotatable bonds is 3. The van der Waals surface area contributed by atoms with Crippen molar-refractivity contribution >= 4 is 28.7 Å². The summed E-state index contributed by atoms with van der Waals surface area (Å²) in [6.45, 7) is 0.483. The van der Waals surface area contributed by atoms with E-state index in [-0.39, 0.29) is 0 Å². The molecule has 0 atom stereocenters. The first-order valence-electron chi connectivity index (χ1n) is 5.70. The second-order valence-electron chi connectivity index (χ2n) is 3.81. The van der Waals surface area contributed by atoms with Crippen LogP contribution in [0.1, 0.15) is 5.56 Å². The molecule has 3 nitrogen and oxygen atoms in total. The number of para-hydroxylation sites is 2. The normalized spacial score (nSPS) is 9.83. The Hall–Kier alpha value is -1.91. The van der Waals surface area contributed by atoms with E-state index < -0.39 is 0 Å². The topological polar surface area (TPSA) is 50.1 Å². The minimum Gasteiger partial charge on any atom is -0.332 e. The summed E-state index contributed by atoms with van der Waals surface area (Å²) in [7, 11) is 0. The van der Waals surface area contributed by atoms with Crippen LogP contribution < -0.4 is 16.4 Å². The van der Waals surface area contributed by atoms with E-state index >= 15 is 0 Å². The van der Waals surface area contributed by atoms with Crippen LogP contribution in [-0.4, -0.2) is 5.11 Å². The first-order chi connectivity index (χ1) is 8.79. The molecule has 2 aromatic carbocycles. The molecule has 0 aliphatic rings. The molecule has 0 radical (unpaired) electrons. The summed E-state index contributed by atoms with van der Waals surface area (Å²) in [5.74, 6) is 0. The number of hydrogen-bond donors (Lipinski definition) is 3. The van der Waals surface area contributed by atoms with Gasteiger partial charge in [0.1, 0.15) is 0 Å². The molecule has 0 bridgehead atoms. The SMILES string of the molecule is NCc1ccccc1NC(=S)Nc1ccccc1. The van der Waals surface area contributed by atoms with Gasteiger partial charge in [0.15, 0.2) is 5.11 Å². The molecule has 0 aliphatic heterocycles. The van der Waals surface area contributed by atoms with Gasteiger partial charge in [-0.25, -0.2) is 0 Å². The van der Waals surface area contributed by atoms with Crippen molar-refractivity contribution in [2.24, 2.45) is 5.73 Å². The van der Waals surface area contributed by atoms with E-state index in [2.05, 4.69) is 10.6 Å². The van der Waals surface area contributed by atoms with E-state index in [1.165, 1.54) is 0 Å². The highest BCUT2D eigenvalue weighted by molar-refractivity contribution is 7.80. The highest BCUT2D eigenvalue weighted by atomic mass is 32.1. The average molecular weight is 257 g/mol. The predicted octanol–water partition coefficient (Wildman–Crippen LogP) is 2.95. The van der Waals surface area contributed by atoms with E-state index in [9.17, 15) is 0 Å². The van der Waals surface area contributed by atoms with Crippen LogP contribution in [0.25, 0.3) is 0 Å². The Morgan fingerprint density at radius 1 is 0.944 bits per heavy atom. The van der Waals surface area contributed by atoms with Crippen molar-refractivity contribution in [1.29, 1.82) is 0 Å². The van der Waals surface area contributed by atoms with E-state index in [0.717, 1.165) is 16.9 Å². The maximum Gasteiger partial charge on any atom is 0.175 e. The molecular weight excluding hydrogens is 242 g/mol. The molecule has 92 valence electrons. The monoisotopic (exact) mass is 257 g/mol. The molecule has 0 heterocycles. The quantitative estimate of drug-likeness (QED) is 0.740. The third-order valence-corrected chi connectivity index (χ3v) is 2.72. The number of anilines is 2. The average Bonchev–Trinajstić information content (AvgIpc) is 2.40. The summed E-state index contributed by atoms with van der Waals surface area (Å²) < 4.78 is 0. The fraction of sp³-hybridized carbons (Fsp3) is 0.0714. The standard InChI is InChI=1S/C14H15N3S/c15-10-11-6-4-5-9-13(11)17-14(18)16-12-7-2-1-3-8-12/h1-9H,10,15H2,(H2,16,17,18). The molecule has 0 fully saturated rings. The van der Waals surface area contributed by atoms with Crippen LogP contribution in [0.15, 0.2) is 54.6 Å². The van der Waals surface area contributed by atoms with Gasteiger partial charge in [-0.05, 0) is 36.0 Å². The Morgan fingerprint density at radius 3 is 2.33 bits per heavy atom. The molecule has 0 unspecified atom stereocenters. The smallest absolute Gasteiger partial charge is 0.175 e. The molecule has 18 heavy (non-hydrogen) atoms. The Kier molecular flexibility index (Phi) is 4.28. The number of benzene rings is 2. The lowest BCUT2D eigenvalue weighted by molar-refractivity contribution is 1.07. The van der Waals surface area contributed by atoms with Crippen LogP contribution in [0.3, 0.4) is 0 Å². The molecule has 2 aromatic rings. The molecule has 0 aromatic heterocycles. The van der Waals surface area contributed by atoms with Crippen LogP contribution in [0.2, 0.25) is 0 Å². The second kappa shape index (κ2) is 6.14. The van der Waals surface area contributed by atoms with Gasteiger partial charge in [-0.1, -0.05) is 36.4 Å². The Labute approximate surface area is 112 Å². The summed E-state index contributed by atoms with van der Waals surface area (Å²) in [6, 6.07) is 17.6. The minimum atomic E-state index is 0.483. The molecular formula is C14H15N3S. The lowest BCUT2D eigenvalue weighted by Gasteiger charge is -2.13. The van der Waals surface area contributed by atoms with Crippen molar-refractivity contribution in [3.63, 3.8) is 0 Å².